The fourth-order valence-electron chi connectivity index (χ4n) is 3.76. The highest BCUT2D eigenvalue weighted by Crippen LogP contribution is 2.60. The van der Waals surface area contributed by atoms with Gasteiger partial charge in [-0.15, -0.1) is 11.8 Å². The molecule has 3 atom stereocenters. The molecule has 0 aliphatic carbocycles. The average Bonchev–Trinajstić information content (AvgIpc) is 3.14. The first-order chi connectivity index (χ1) is 11.5. The van der Waals surface area contributed by atoms with E-state index in [0.717, 1.165) is 5.56 Å². The number of hydrogen-bond acceptors (Lipinski definition) is 4. The molecule has 0 saturated carbocycles. The quantitative estimate of drug-likeness (QED) is 0.845. The summed E-state index contributed by atoms with van der Waals surface area (Å²) in [7, 11) is -1.83. The van der Waals surface area contributed by atoms with Crippen LogP contribution in [-0.2, 0) is 19.5 Å². The maximum Gasteiger partial charge on any atom is 0.237 e. The molecule has 2 fully saturated rings. The van der Waals surface area contributed by atoms with E-state index in [0.29, 0.717) is 11.3 Å². The van der Waals surface area contributed by atoms with Crippen LogP contribution in [-0.4, -0.2) is 36.8 Å². The molecule has 1 amide bonds. The lowest BCUT2D eigenvalue weighted by atomic mass is 9.95. The lowest BCUT2D eigenvalue weighted by molar-refractivity contribution is -0.133. The number of nitrogens with zero attached hydrogens (tertiary/aromatic N) is 1. The summed E-state index contributed by atoms with van der Waals surface area (Å²) < 4.78 is 26.6. The number of carbonyl (C=O) groups is 1. The van der Waals surface area contributed by atoms with Crippen LogP contribution in [0.3, 0.4) is 0 Å². The lowest BCUT2D eigenvalue weighted by Gasteiger charge is -2.40. The highest BCUT2D eigenvalue weighted by Gasteiger charge is 2.65. The lowest BCUT2D eigenvalue weighted by Crippen LogP contribution is -2.53. The van der Waals surface area contributed by atoms with Crippen LogP contribution >= 0.6 is 11.8 Å². The number of hydrogen-bond donors (Lipinski definition) is 0. The Balaban J connectivity index is 1.89. The van der Waals surface area contributed by atoms with E-state index in [-0.39, 0.29) is 11.2 Å². The van der Waals surface area contributed by atoms with Gasteiger partial charge in [0.05, 0.1) is 10.1 Å². The Kier molecular flexibility index (Phi) is 3.51. The monoisotopic (exact) mass is 359 g/mol. The molecule has 0 spiro atoms. The van der Waals surface area contributed by atoms with Crippen LogP contribution in [0.2, 0.25) is 0 Å². The van der Waals surface area contributed by atoms with Gasteiger partial charge in [0.1, 0.15) is 10.1 Å². The summed E-state index contributed by atoms with van der Waals surface area (Å²) in [6.45, 7) is 0. The molecule has 2 heterocycles. The maximum atomic E-state index is 13.3. The van der Waals surface area contributed by atoms with Crippen molar-refractivity contribution < 1.29 is 13.2 Å². The number of likely N-dealkylation sites (tertiary alicyclic amines) is 1. The molecular weight excluding hydrogens is 342 g/mol. The van der Waals surface area contributed by atoms with Gasteiger partial charge in [-0.25, -0.2) is 8.42 Å². The first kappa shape index (κ1) is 15.7. The van der Waals surface area contributed by atoms with Crippen LogP contribution in [0, 0.1) is 0 Å². The van der Waals surface area contributed by atoms with Crippen LogP contribution in [0.4, 0.5) is 0 Å². The number of rotatable bonds is 3. The van der Waals surface area contributed by atoms with E-state index in [1.165, 1.54) is 11.8 Å². The van der Waals surface area contributed by atoms with Gasteiger partial charge < -0.3 is 4.90 Å². The summed E-state index contributed by atoms with van der Waals surface area (Å²) in [6.07, 6.45) is 0.361. The molecule has 2 aliphatic rings. The summed E-state index contributed by atoms with van der Waals surface area (Å²) in [5.74, 6) is 0.0170. The third-order valence-electron chi connectivity index (χ3n) is 4.92. The molecule has 2 bridgehead atoms. The predicted molar refractivity (Wildman–Crippen MR) is 94.3 cm³/mol. The highest BCUT2D eigenvalue weighted by molar-refractivity contribution is 8.04. The fraction of sp³-hybridized carbons (Fsp3) is 0.278. The predicted octanol–water partition coefficient (Wildman–Crippen LogP) is 2.66. The first-order valence-electron chi connectivity index (χ1n) is 7.78. The minimum absolute atomic E-state index is 0.0170. The Morgan fingerprint density at radius 3 is 2.21 bits per heavy atom. The van der Waals surface area contributed by atoms with E-state index < -0.39 is 20.0 Å². The van der Waals surface area contributed by atoms with E-state index in [9.17, 15) is 13.2 Å². The second kappa shape index (κ2) is 5.36. The molecule has 4 rings (SSSR count). The number of fused-ring (bicyclic) bond motifs is 2. The number of carbonyl (C=O) groups excluding carboxylic acids is 1. The normalized spacial score (nSPS) is 29.2. The van der Waals surface area contributed by atoms with Gasteiger partial charge in [-0.2, -0.15) is 0 Å². The largest absolute Gasteiger partial charge is 0.325 e. The summed E-state index contributed by atoms with van der Waals surface area (Å²) >= 11 is 1.48. The molecule has 0 N–H and O–H groups in total. The van der Waals surface area contributed by atoms with Gasteiger partial charge >= 0.3 is 0 Å². The number of piperidine rings is 1. The fourth-order valence-corrected chi connectivity index (χ4v) is 8.20. The molecule has 24 heavy (non-hydrogen) atoms. The Hall–Kier alpha value is -1.79. The average molecular weight is 359 g/mol. The number of thioether (sulfide) groups is 1. The van der Waals surface area contributed by atoms with E-state index in [1.54, 1.807) is 42.3 Å². The molecule has 124 valence electrons. The van der Waals surface area contributed by atoms with Crippen LogP contribution in [0.15, 0.2) is 65.6 Å². The molecule has 2 aromatic rings. The van der Waals surface area contributed by atoms with Gasteiger partial charge in [-0.1, -0.05) is 48.5 Å². The second-order valence-electron chi connectivity index (χ2n) is 6.15. The van der Waals surface area contributed by atoms with Gasteiger partial charge in [0.2, 0.25) is 5.91 Å². The topological polar surface area (TPSA) is 54.5 Å². The SMILES string of the molecule is CN1C(=O)[C@@H]2C[C@H](S(=O)(=O)c3ccccc3)[C@@]1(c1ccccc1)S2. The standard InChI is InChI=1S/C18H17NO3S2/c1-19-17(20)15-12-16(24(21,22)14-10-6-3-7-11-14)18(19,23-15)13-8-4-2-5-9-13/h2-11,15-16H,12H2,1H3/t15-,16-,18+/m0/s1. The van der Waals surface area contributed by atoms with Crippen molar-refractivity contribution in [3.05, 3.63) is 66.2 Å². The minimum atomic E-state index is -3.55. The van der Waals surface area contributed by atoms with E-state index in [2.05, 4.69) is 0 Å². The van der Waals surface area contributed by atoms with E-state index >= 15 is 0 Å². The Morgan fingerprint density at radius 2 is 1.62 bits per heavy atom. The number of amides is 1. The van der Waals surface area contributed by atoms with Crippen LogP contribution in [0.25, 0.3) is 0 Å². The van der Waals surface area contributed by atoms with Crippen molar-refractivity contribution in [2.75, 3.05) is 7.05 Å². The molecule has 0 aromatic heterocycles. The second-order valence-corrected chi connectivity index (χ2v) is 9.71. The van der Waals surface area contributed by atoms with E-state index in [4.69, 9.17) is 0 Å². The minimum Gasteiger partial charge on any atom is -0.325 e. The summed E-state index contributed by atoms with van der Waals surface area (Å²) in [4.78, 5) is 13.6. The van der Waals surface area contributed by atoms with Crippen molar-refractivity contribution in [2.45, 2.75) is 26.7 Å². The molecule has 0 radical (unpaired) electrons. The zero-order valence-electron chi connectivity index (χ0n) is 13.1. The highest BCUT2D eigenvalue weighted by atomic mass is 32.2. The van der Waals surface area contributed by atoms with Gasteiger partial charge in [0.15, 0.2) is 9.84 Å². The van der Waals surface area contributed by atoms with Crippen molar-refractivity contribution >= 4 is 27.5 Å². The van der Waals surface area contributed by atoms with Crippen LogP contribution < -0.4 is 0 Å². The molecule has 0 unspecified atom stereocenters. The molecule has 2 saturated heterocycles. The Bertz CT molecular complexity index is 883. The first-order valence-corrected chi connectivity index (χ1v) is 10.2. The van der Waals surface area contributed by atoms with Gasteiger partial charge in [-0.3, -0.25) is 4.79 Å². The zero-order valence-corrected chi connectivity index (χ0v) is 14.8. The van der Waals surface area contributed by atoms with Crippen LogP contribution in [0.5, 0.6) is 0 Å². The molecule has 2 aliphatic heterocycles. The van der Waals surface area contributed by atoms with Crippen molar-refractivity contribution in [1.29, 1.82) is 0 Å². The number of benzene rings is 2. The van der Waals surface area contributed by atoms with Gasteiger partial charge in [0.25, 0.3) is 0 Å². The number of sulfone groups is 1. The third-order valence-corrected chi connectivity index (χ3v) is 9.12. The van der Waals surface area contributed by atoms with Crippen molar-refractivity contribution in [3.63, 3.8) is 0 Å². The molecule has 2 aromatic carbocycles. The summed E-state index contributed by atoms with van der Waals surface area (Å²) in [5, 5.41) is -0.939. The Labute approximate surface area is 145 Å². The Morgan fingerprint density at radius 1 is 1.04 bits per heavy atom. The summed E-state index contributed by atoms with van der Waals surface area (Å²) in [5.41, 5.74) is 0.871. The third kappa shape index (κ3) is 1.99. The van der Waals surface area contributed by atoms with Crippen molar-refractivity contribution in [2.24, 2.45) is 0 Å². The van der Waals surface area contributed by atoms with Crippen LogP contribution in [0.1, 0.15) is 12.0 Å². The van der Waals surface area contributed by atoms with Gasteiger partial charge in [-0.05, 0) is 24.1 Å². The zero-order chi connectivity index (χ0) is 16.9. The van der Waals surface area contributed by atoms with Crippen molar-refractivity contribution in [1.82, 2.24) is 4.90 Å². The smallest absolute Gasteiger partial charge is 0.237 e. The summed E-state index contributed by atoms with van der Waals surface area (Å²) in [6, 6.07) is 18.0. The van der Waals surface area contributed by atoms with Crippen molar-refractivity contribution in [3.8, 4) is 0 Å². The maximum absolute atomic E-state index is 13.3. The molecule has 6 heteroatoms. The molecular formula is C18H17NO3S2. The van der Waals surface area contributed by atoms with E-state index in [1.807, 2.05) is 30.3 Å². The van der Waals surface area contributed by atoms with Gasteiger partial charge in [0, 0.05) is 7.05 Å². The molecule has 4 nitrogen and oxygen atoms in total.